The summed E-state index contributed by atoms with van der Waals surface area (Å²) in [5.74, 6) is -1.10. The highest BCUT2D eigenvalue weighted by atomic mass is 19.1. The number of amides is 2. The van der Waals surface area contributed by atoms with Crippen LogP contribution < -0.4 is 10.2 Å². The Hall–Kier alpha value is -3.55. The summed E-state index contributed by atoms with van der Waals surface area (Å²) in [5, 5.41) is 13.0. The van der Waals surface area contributed by atoms with Crippen molar-refractivity contribution in [2.24, 2.45) is 0 Å². The number of carbonyl (C=O) groups excluding carboxylic acids is 2. The minimum Gasteiger partial charge on any atom is -0.337 e. The molecule has 130 valence electrons. The van der Waals surface area contributed by atoms with Crippen molar-refractivity contribution in [1.29, 1.82) is 0 Å². The highest BCUT2D eigenvalue weighted by Gasteiger charge is 2.39. The Labute approximate surface area is 147 Å². The Kier molecular flexibility index (Phi) is 3.92. The van der Waals surface area contributed by atoms with E-state index in [1.807, 2.05) is 30.3 Å². The van der Waals surface area contributed by atoms with Crippen LogP contribution in [0.25, 0.3) is 11.3 Å². The third-order valence-corrected chi connectivity index (χ3v) is 4.18. The molecule has 1 aromatic heterocycles. The standard InChI is InChI=1S/C18H14FN5O2/c19-12-6-8-13(9-7-12)24-10-14(18(24)26)20-17(25)16-15(21-23-22-16)11-4-2-1-3-5-11/h1-9,14H,10H2,(H,20,25)(H,21,22,23). The van der Waals surface area contributed by atoms with E-state index in [1.165, 1.54) is 29.2 Å². The van der Waals surface area contributed by atoms with E-state index in [0.29, 0.717) is 17.9 Å². The predicted octanol–water partition coefficient (Wildman–Crippen LogP) is 1.76. The average molecular weight is 351 g/mol. The Bertz CT molecular complexity index is 955. The summed E-state index contributed by atoms with van der Waals surface area (Å²) in [7, 11) is 0. The first-order valence-corrected chi connectivity index (χ1v) is 7.97. The third-order valence-electron chi connectivity index (χ3n) is 4.18. The van der Waals surface area contributed by atoms with Gasteiger partial charge in [0.1, 0.15) is 17.6 Å². The number of halogens is 1. The van der Waals surface area contributed by atoms with Gasteiger partial charge >= 0.3 is 0 Å². The van der Waals surface area contributed by atoms with Crippen molar-refractivity contribution < 1.29 is 14.0 Å². The average Bonchev–Trinajstić information content (AvgIpc) is 3.16. The van der Waals surface area contributed by atoms with Gasteiger partial charge in [-0.15, -0.1) is 0 Å². The molecular weight excluding hydrogens is 337 g/mol. The van der Waals surface area contributed by atoms with Crippen LogP contribution in [-0.4, -0.2) is 39.8 Å². The zero-order valence-electron chi connectivity index (χ0n) is 13.5. The van der Waals surface area contributed by atoms with Crippen molar-refractivity contribution in [3.63, 3.8) is 0 Å². The van der Waals surface area contributed by atoms with Crippen LogP contribution in [-0.2, 0) is 4.79 Å². The summed E-state index contributed by atoms with van der Waals surface area (Å²) >= 11 is 0. The lowest BCUT2D eigenvalue weighted by molar-refractivity contribution is -0.124. The largest absolute Gasteiger partial charge is 0.337 e. The summed E-state index contributed by atoms with van der Waals surface area (Å²) in [4.78, 5) is 26.2. The summed E-state index contributed by atoms with van der Waals surface area (Å²) in [5.41, 5.74) is 1.89. The normalized spacial score (nSPS) is 16.3. The number of aromatic nitrogens is 3. The number of hydrogen-bond donors (Lipinski definition) is 2. The fraction of sp³-hybridized carbons (Fsp3) is 0.111. The second-order valence-electron chi connectivity index (χ2n) is 5.84. The minimum atomic E-state index is -0.645. The summed E-state index contributed by atoms with van der Waals surface area (Å²) < 4.78 is 13.0. The molecule has 0 spiro atoms. The number of aromatic amines is 1. The molecule has 1 aliphatic rings. The molecule has 3 aromatic rings. The Morgan fingerprint density at radius 1 is 1.12 bits per heavy atom. The first kappa shape index (κ1) is 15.9. The van der Waals surface area contributed by atoms with Gasteiger partial charge in [-0.3, -0.25) is 9.59 Å². The molecular formula is C18H14FN5O2. The van der Waals surface area contributed by atoms with Crippen LogP contribution in [0.4, 0.5) is 10.1 Å². The third kappa shape index (κ3) is 2.81. The second kappa shape index (κ2) is 6.40. The van der Waals surface area contributed by atoms with Crippen molar-refractivity contribution in [2.45, 2.75) is 6.04 Å². The maximum absolute atomic E-state index is 13.0. The molecule has 2 heterocycles. The molecule has 1 aliphatic heterocycles. The van der Waals surface area contributed by atoms with Crippen molar-refractivity contribution in [3.05, 3.63) is 66.1 Å². The molecule has 2 aromatic carbocycles. The molecule has 1 unspecified atom stereocenters. The maximum Gasteiger partial charge on any atom is 0.274 e. The van der Waals surface area contributed by atoms with Gasteiger partial charge in [0, 0.05) is 11.3 Å². The van der Waals surface area contributed by atoms with Crippen molar-refractivity contribution in [2.75, 3.05) is 11.4 Å². The monoisotopic (exact) mass is 351 g/mol. The zero-order chi connectivity index (χ0) is 18.1. The van der Waals surface area contributed by atoms with Crippen molar-refractivity contribution in [1.82, 2.24) is 20.7 Å². The zero-order valence-corrected chi connectivity index (χ0v) is 13.5. The number of β-lactam (4-membered cyclic amide) rings is 1. The fourth-order valence-corrected chi connectivity index (χ4v) is 2.80. The molecule has 4 rings (SSSR count). The van der Waals surface area contributed by atoms with Gasteiger partial charge in [-0.05, 0) is 24.3 Å². The number of nitrogens with zero attached hydrogens (tertiary/aromatic N) is 3. The SMILES string of the molecule is O=C(NC1CN(c2ccc(F)cc2)C1=O)c1n[nH]nc1-c1ccccc1. The van der Waals surface area contributed by atoms with E-state index >= 15 is 0 Å². The summed E-state index contributed by atoms with van der Waals surface area (Å²) in [6, 6.07) is 14.1. The van der Waals surface area contributed by atoms with Crippen LogP contribution in [0, 0.1) is 5.82 Å². The first-order chi connectivity index (χ1) is 12.6. The van der Waals surface area contributed by atoms with Crippen molar-refractivity contribution in [3.8, 4) is 11.3 Å². The van der Waals surface area contributed by atoms with E-state index < -0.39 is 11.9 Å². The van der Waals surface area contributed by atoms with Gasteiger partial charge in [-0.2, -0.15) is 15.4 Å². The van der Waals surface area contributed by atoms with Gasteiger partial charge in [0.05, 0.1) is 6.54 Å². The van der Waals surface area contributed by atoms with Gasteiger partial charge in [-0.1, -0.05) is 30.3 Å². The van der Waals surface area contributed by atoms with Crippen molar-refractivity contribution >= 4 is 17.5 Å². The molecule has 0 radical (unpaired) electrons. The molecule has 2 amide bonds. The highest BCUT2D eigenvalue weighted by molar-refractivity contribution is 6.08. The topological polar surface area (TPSA) is 91.0 Å². The number of anilines is 1. The van der Waals surface area contributed by atoms with Crippen LogP contribution >= 0.6 is 0 Å². The summed E-state index contributed by atoms with van der Waals surface area (Å²) in [6.45, 7) is 0.314. The summed E-state index contributed by atoms with van der Waals surface area (Å²) in [6.07, 6.45) is 0. The Balaban J connectivity index is 1.45. The highest BCUT2D eigenvalue weighted by Crippen LogP contribution is 2.23. The van der Waals surface area contributed by atoms with Gasteiger partial charge in [0.25, 0.3) is 11.8 Å². The van der Waals surface area contributed by atoms with Crippen LogP contribution in [0.2, 0.25) is 0 Å². The van der Waals surface area contributed by atoms with E-state index in [2.05, 4.69) is 20.7 Å². The van der Waals surface area contributed by atoms with Crippen LogP contribution in [0.1, 0.15) is 10.5 Å². The number of nitrogens with one attached hydrogen (secondary N) is 2. The molecule has 7 nitrogen and oxygen atoms in total. The van der Waals surface area contributed by atoms with Crippen LogP contribution in [0.15, 0.2) is 54.6 Å². The second-order valence-corrected chi connectivity index (χ2v) is 5.84. The van der Waals surface area contributed by atoms with Crippen LogP contribution in [0.5, 0.6) is 0 Å². The number of rotatable bonds is 4. The lowest BCUT2D eigenvalue weighted by Crippen LogP contribution is -2.64. The van der Waals surface area contributed by atoms with E-state index in [4.69, 9.17) is 0 Å². The Morgan fingerprint density at radius 2 is 1.85 bits per heavy atom. The molecule has 1 atom stereocenters. The van der Waals surface area contributed by atoms with E-state index in [0.717, 1.165) is 5.56 Å². The molecule has 0 bridgehead atoms. The van der Waals surface area contributed by atoms with Gasteiger partial charge in [0.2, 0.25) is 0 Å². The number of carbonyl (C=O) groups is 2. The van der Waals surface area contributed by atoms with E-state index in [1.54, 1.807) is 0 Å². The van der Waals surface area contributed by atoms with Gasteiger partial charge < -0.3 is 10.2 Å². The molecule has 2 N–H and O–H groups in total. The van der Waals surface area contributed by atoms with E-state index in [-0.39, 0.29) is 17.4 Å². The van der Waals surface area contributed by atoms with Crippen LogP contribution in [0.3, 0.4) is 0 Å². The molecule has 26 heavy (non-hydrogen) atoms. The quantitative estimate of drug-likeness (QED) is 0.701. The minimum absolute atomic E-state index is 0.129. The van der Waals surface area contributed by atoms with Gasteiger partial charge in [-0.25, -0.2) is 4.39 Å². The number of hydrogen-bond acceptors (Lipinski definition) is 4. The lowest BCUT2D eigenvalue weighted by Gasteiger charge is -2.38. The van der Waals surface area contributed by atoms with E-state index in [9.17, 15) is 14.0 Å². The number of benzene rings is 2. The Morgan fingerprint density at radius 3 is 2.54 bits per heavy atom. The van der Waals surface area contributed by atoms with Gasteiger partial charge in [0.15, 0.2) is 5.69 Å². The lowest BCUT2D eigenvalue weighted by atomic mass is 10.1. The fourth-order valence-electron chi connectivity index (χ4n) is 2.80. The molecule has 8 heteroatoms. The predicted molar refractivity (Wildman–Crippen MR) is 91.8 cm³/mol. The maximum atomic E-state index is 13.0. The molecule has 1 saturated heterocycles. The number of H-pyrrole nitrogens is 1. The smallest absolute Gasteiger partial charge is 0.274 e. The molecule has 1 fully saturated rings. The molecule has 0 saturated carbocycles. The first-order valence-electron chi connectivity index (χ1n) is 7.97. The molecule has 0 aliphatic carbocycles.